The van der Waals surface area contributed by atoms with Gasteiger partial charge in [0, 0.05) is 11.1 Å². The summed E-state index contributed by atoms with van der Waals surface area (Å²) in [7, 11) is 0. The van der Waals surface area contributed by atoms with Crippen molar-refractivity contribution in [3.8, 4) is 0 Å². The van der Waals surface area contributed by atoms with Gasteiger partial charge in [-0.05, 0) is 49.1 Å². The lowest BCUT2D eigenvalue weighted by Crippen LogP contribution is -2.21. The highest BCUT2D eigenvalue weighted by Gasteiger charge is 2.12. The zero-order valence-electron chi connectivity index (χ0n) is 12.1. The predicted molar refractivity (Wildman–Crippen MR) is 81.3 cm³/mol. The molecule has 0 aliphatic rings. The molecule has 0 aliphatic heterocycles. The Kier molecular flexibility index (Phi) is 6.73. The number of halogens is 1. The molecule has 1 rings (SSSR count). The minimum Gasteiger partial charge on any atom is -0.310 e. The molecule has 1 atom stereocenters. The minimum absolute atomic E-state index is 0.464. The second kappa shape index (κ2) is 7.81. The molecule has 1 unspecified atom stereocenters. The van der Waals surface area contributed by atoms with Crippen LogP contribution in [0.25, 0.3) is 0 Å². The van der Waals surface area contributed by atoms with E-state index in [1.165, 1.54) is 30.4 Å². The normalized spacial score (nSPS) is 13.0. The monoisotopic (exact) mass is 267 g/mol. The minimum atomic E-state index is 0.464. The van der Waals surface area contributed by atoms with E-state index in [0.29, 0.717) is 6.04 Å². The molecule has 1 nitrogen and oxygen atoms in total. The first-order valence-electron chi connectivity index (χ1n) is 7.04. The van der Waals surface area contributed by atoms with Crippen molar-refractivity contribution >= 4 is 11.6 Å². The Morgan fingerprint density at radius 3 is 2.50 bits per heavy atom. The van der Waals surface area contributed by atoms with Gasteiger partial charge in [-0.2, -0.15) is 0 Å². The summed E-state index contributed by atoms with van der Waals surface area (Å²) in [6.07, 6.45) is 3.78. The highest BCUT2D eigenvalue weighted by Crippen LogP contribution is 2.25. The predicted octanol–water partition coefficient (Wildman–Crippen LogP) is 5.13. The number of hydrogen-bond acceptors (Lipinski definition) is 1. The van der Waals surface area contributed by atoms with Crippen molar-refractivity contribution in [3.05, 3.63) is 34.3 Å². The number of rotatable bonds is 7. The Morgan fingerprint density at radius 1 is 1.22 bits per heavy atom. The van der Waals surface area contributed by atoms with Gasteiger partial charge in [0.1, 0.15) is 0 Å². The van der Waals surface area contributed by atoms with Crippen LogP contribution in [0, 0.1) is 12.8 Å². The third kappa shape index (κ3) is 4.99. The van der Waals surface area contributed by atoms with Crippen molar-refractivity contribution in [1.82, 2.24) is 5.32 Å². The Labute approximate surface area is 117 Å². The molecule has 1 aromatic carbocycles. The fourth-order valence-corrected chi connectivity index (χ4v) is 2.60. The Hall–Kier alpha value is -0.530. The van der Waals surface area contributed by atoms with Crippen LogP contribution in [0.3, 0.4) is 0 Å². The summed E-state index contributed by atoms with van der Waals surface area (Å²) in [4.78, 5) is 0. The van der Waals surface area contributed by atoms with E-state index >= 15 is 0 Å². The van der Waals surface area contributed by atoms with Gasteiger partial charge in [0.2, 0.25) is 0 Å². The van der Waals surface area contributed by atoms with E-state index in [9.17, 15) is 0 Å². The van der Waals surface area contributed by atoms with E-state index in [0.717, 1.165) is 17.5 Å². The van der Waals surface area contributed by atoms with Gasteiger partial charge in [0.15, 0.2) is 0 Å². The van der Waals surface area contributed by atoms with E-state index in [1.54, 1.807) is 0 Å². The van der Waals surface area contributed by atoms with Crippen LogP contribution in [0.5, 0.6) is 0 Å². The average molecular weight is 268 g/mol. The van der Waals surface area contributed by atoms with Crippen LogP contribution in [-0.2, 0) is 0 Å². The van der Waals surface area contributed by atoms with Crippen molar-refractivity contribution in [2.75, 3.05) is 6.54 Å². The summed E-state index contributed by atoms with van der Waals surface area (Å²) in [6, 6.07) is 6.69. The molecule has 0 bridgehead atoms. The van der Waals surface area contributed by atoms with Crippen molar-refractivity contribution < 1.29 is 0 Å². The third-order valence-electron chi connectivity index (χ3n) is 3.33. The molecule has 0 fully saturated rings. The SMILES string of the molecule is CCNC(CCCC(C)C)c1ccc(Cl)cc1C. The van der Waals surface area contributed by atoms with Gasteiger partial charge in [-0.25, -0.2) is 0 Å². The van der Waals surface area contributed by atoms with E-state index in [4.69, 9.17) is 11.6 Å². The van der Waals surface area contributed by atoms with Gasteiger partial charge < -0.3 is 5.32 Å². The molecule has 102 valence electrons. The summed E-state index contributed by atoms with van der Waals surface area (Å²) in [5.41, 5.74) is 2.68. The molecule has 1 N–H and O–H groups in total. The van der Waals surface area contributed by atoms with Crippen molar-refractivity contribution in [2.45, 2.75) is 53.0 Å². The number of benzene rings is 1. The molecule has 18 heavy (non-hydrogen) atoms. The summed E-state index contributed by atoms with van der Waals surface area (Å²) in [5.74, 6) is 0.790. The molecule has 0 saturated heterocycles. The van der Waals surface area contributed by atoms with Gasteiger partial charge in [0.05, 0.1) is 0 Å². The molecule has 0 saturated carbocycles. The molecule has 1 aromatic rings. The fourth-order valence-electron chi connectivity index (χ4n) is 2.37. The molecule has 0 spiro atoms. The molecule has 0 aliphatic carbocycles. The van der Waals surface area contributed by atoms with Gasteiger partial charge >= 0.3 is 0 Å². The van der Waals surface area contributed by atoms with Crippen LogP contribution in [0.1, 0.15) is 57.2 Å². The summed E-state index contributed by atoms with van der Waals surface area (Å²) < 4.78 is 0. The second-order valence-electron chi connectivity index (χ2n) is 5.44. The van der Waals surface area contributed by atoms with Crippen LogP contribution >= 0.6 is 11.6 Å². The molecule has 0 aromatic heterocycles. The topological polar surface area (TPSA) is 12.0 Å². The lowest BCUT2D eigenvalue weighted by molar-refractivity contribution is 0.454. The summed E-state index contributed by atoms with van der Waals surface area (Å²) in [6.45, 7) is 9.90. The van der Waals surface area contributed by atoms with Crippen LogP contribution in [0.4, 0.5) is 0 Å². The quantitative estimate of drug-likeness (QED) is 0.723. The lowest BCUT2D eigenvalue weighted by Gasteiger charge is -2.21. The molecule has 0 heterocycles. The van der Waals surface area contributed by atoms with Gasteiger partial charge in [-0.15, -0.1) is 0 Å². The fraction of sp³-hybridized carbons (Fsp3) is 0.625. The van der Waals surface area contributed by atoms with Crippen LogP contribution < -0.4 is 5.32 Å². The maximum Gasteiger partial charge on any atom is 0.0408 e. The van der Waals surface area contributed by atoms with E-state index in [2.05, 4.69) is 45.1 Å². The second-order valence-corrected chi connectivity index (χ2v) is 5.87. The molecule has 2 heteroatoms. The number of nitrogens with one attached hydrogen (secondary N) is 1. The third-order valence-corrected chi connectivity index (χ3v) is 3.57. The largest absolute Gasteiger partial charge is 0.310 e. The Bertz CT molecular complexity index is 360. The van der Waals surface area contributed by atoms with Crippen molar-refractivity contribution in [2.24, 2.45) is 5.92 Å². The molecule has 0 radical (unpaired) electrons. The van der Waals surface area contributed by atoms with E-state index in [-0.39, 0.29) is 0 Å². The van der Waals surface area contributed by atoms with Gasteiger partial charge in [-0.1, -0.05) is 51.3 Å². The number of hydrogen-bond donors (Lipinski definition) is 1. The van der Waals surface area contributed by atoms with E-state index in [1.807, 2.05) is 6.07 Å². The summed E-state index contributed by atoms with van der Waals surface area (Å²) in [5, 5.41) is 4.42. The first kappa shape index (κ1) is 15.5. The van der Waals surface area contributed by atoms with E-state index < -0.39 is 0 Å². The van der Waals surface area contributed by atoms with Crippen molar-refractivity contribution in [3.63, 3.8) is 0 Å². The van der Waals surface area contributed by atoms with Gasteiger partial charge in [0.25, 0.3) is 0 Å². The summed E-state index contributed by atoms with van der Waals surface area (Å²) >= 11 is 6.02. The smallest absolute Gasteiger partial charge is 0.0408 e. The first-order chi connectivity index (χ1) is 8.54. The molecular formula is C16H26ClN. The zero-order chi connectivity index (χ0) is 13.5. The highest BCUT2D eigenvalue weighted by molar-refractivity contribution is 6.30. The Balaban J connectivity index is 2.70. The highest BCUT2D eigenvalue weighted by atomic mass is 35.5. The van der Waals surface area contributed by atoms with Crippen LogP contribution in [0.15, 0.2) is 18.2 Å². The maximum atomic E-state index is 6.02. The van der Waals surface area contributed by atoms with Crippen molar-refractivity contribution in [1.29, 1.82) is 0 Å². The molecular weight excluding hydrogens is 242 g/mol. The molecule has 0 amide bonds. The Morgan fingerprint density at radius 2 is 1.94 bits per heavy atom. The lowest BCUT2D eigenvalue weighted by atomic mass is 9.95. The average Bonchev–Trinajstić information content (AvgIpc) is 2.28. The van der Waals surface area contributed by atoms with Crippen LogP contribution in [-0.4, -0.2) is 6.54 Å². The van der Waals surface area contributed by atoms with Crippen LogP contribution in [0.2, 0.25) is 5.02 Å². The maximum absolute atomic E-state index is 6.02. The zero-order valence-corrected chi connectivity index (χ0v) is 12.8. The standard InChI is InChI=1S/C16H26ClN/c1-5-18-16(8-6-7-12(2)3)15-10-9-14(17)11-13(15)4/h9-12,16,18H,5-8H2,1-4H3. The number of aryl methyl sites for hydroxylation is 1. The van der Waals surface area contributed by atoms with Gasteiger partial charge in [-0.3, -0.25) is 0 Å². The first-order valence-corrected chi connectivity index (χ1v) is 7.41.